The Kier molecular flexibility index (Phi) is 6.49. The molecule has 154 valence electrons. The van der Waals surface area contributed by atoms with E-state index in [4.69, 9.17) is 0 Å². The molecule has 0 saturated carbocycles. The zero-order valence-electron chi connectivity index (χ0n) is 16.7. The Morgan fingerprint density at radius 2 is 1.69 bits per heavy atom. The van der Waals surface area contributed by atoms with E-state index >= 15 is 0 Å². The first-order chi connectivity index (χ1) is 13.8. The van der Waals surface area contributed by atoms with Gasteiger partial charge >= 0.3 is 0 Å². The normalized spacial score (nSPS) is 16.9. The maximum atomic E-state index is 12.9. The number of carbonyl (C=O) groups excluding carboxylic acids is 2. The van der Waals surface area contributed by atoms with Crippen LogP contribution in [0.15, 0.2) is 59.5 Å². The number of ketones is 1. The van der Waals surface area contributed by atoms with Crippen LogP contribution in [0.25, 0.3) is 0 Å². The summed E-state index contributed by atoms with van der Waals surface area (Å²) < 4.78 is 27.2. The smallest absolute Gasteiger partial charge is 0.243 e. The standard InChI is InChI=1S/C22H26N2O4S/c1-16(18-7-4-3-5-8-18)23-22(26)19-11-13-24(14-12-19)29(27,28)21-10-6-9-20(15-21)17(2)25/h3-10,15-16,19H,11-14H2,1-2H3,(H,23,26). The number of carbonyl (C=O) groups is 2. The van der Waals surface area contributed by atoms with Crippen molar-refractivity contribution in [2.45, 2.75) is 37.6 Å². The van der Waals surface area contributed by atoms with Crippen molar-refractivity contribution in [1.82, 2.24) is 9.62 Å². The summed E-state index contributed by atoms with van der Waals surface area (Å²) in [6, 6.07) is 15.7. The monoisotopic (exact) mass is 414 g/mol. The molecule has 0 radical (unpaired) electrons. The fraction of sp³-hybridized carbons (Fsp3) is 0.364. The van der Waals surface area contributed by atoms with Gasteiger partial charge in [0.15, 0.2) is 5.78 Å². The molecule has 6 nitrogen and oxygen atoms in total. The van der Waals surface area contributed by atoms with Gasteiger partial charge in [-0.1, -0.05) is 42.5 Å². The molecular formula is C22H26N2O4S. The lowest BCUT2D eigenvalue weighted by Gasteiger charge is -2.31. The topological polar surface area (TPSA) is 83.6 Å². The number of nitrogens with one attached hydrogen (secondary N) is 1. The van der Waals surface area contributed by atoms with E-state index in [0.717, 1.165) is 5.56 Å². The molecule has 2 aromatic carbocycles. The molecule has 2 aromatic rings. The molecule has 1 aliphatic heterocycles. The summed E-state index contributed by atoms with van der Waals surface area (Å²) in [6.07, 6.45) is 0.942. The van der Waals surface area contributed by atoms with Crippen LogP contribution in [0, 0.1) is 5.92 Å². The minimum atomic E-state index is -3.68. The molecular weight excluding hydrogens is 388 g/mol. The number of sulfonamides is 1. The van der Waals surface area contributed by atoms with Gasteiger partial charge in [0.25, 0.3) is 0 Å². The average Bonchev–Trinajstić information content (AvgIpc) is 2.74. The van der Waals surface area contributed by atoms with Gasteiger partial charge in [-0.25, -0.2) is 8.42 Å². The number of hydrogen-bond donors (Lipinski definition) is 1. The number of nitrogens with zero attached hydrogens (tertiary/aromatic N) is 1. The molecule has 1 saturated heterocycles. The van der Waals surface area contributed by atoms with Gasteiger partial charge in [-0.2, -0.15) is 4.31 Å². The zero-order valence-corrected chi connectivity index (χ0v) is 17.5. The van der Waals surface area contributed by atoms with Gasteiger partial charge in [0.1, 0.15) is 0 Å². The van der Waals surface area contributed by atoms with Gasteiger partial charge in [-0.3, -0.25) is 9.59 Å². The lowest BCUT2D eigenvalue weighted by Crippen LogP contribution is -2.43. The molecule has 1 unspecified atom stereocenters. The first-order valence-corrected chi connectivity index (χ1v) is 11.2. The van der Waals surface area contributed by atoms with E-state index in [1.54, 1.807) is 12.1 Å². The first kappa shape index (κ1) is 21.2. The van der Waals surface area contributed by atoms with Crippen molar-refractivity contribution >= 4 is 21.7 Å². The molecule has 1 amide bonds. The van der Waals surface area contributed by atoms with E-state index in [2.05, 4.69) is 5.32 Å². The fourth-order valence-electron chi connectivity index (χ4n) is 3.54. The maximum absolute atomic E-state index is 12.9. The highest BCUT2D eigenvalue weighted by atomic mass is 32.2. The van der Waals surface area contributed by atoms with E-state index in [0.29, 0.717) is 18.4 Å². The lowest BCUT2D eigenvalue weighted by atomic mass is 9.96. The highest BCUT2D eigenvalue weighted by molar-refractivity contribution is 7.89. The molecule has 29 heavy (non-hydrogen) atoms. The number of piperidine rings is 1. The van der Waals surface area contributed by atoms with Gasteiger partial charge in [0.05, 0.1) is 10.9 Å². The molecule has 1 atom stereocenters. The van der Waals surface area contributed by atoms with Crippen LogP contribution in [0.1, 0.15) is 48.7 Å². The van der Waals surface area contributed by atoms with Crippen molar-refractivity contribution in [2.75, 3.05) is 13.1 Å². The van der Waals surface area contributed by atoms with E-state index in [-0.39, 0.29) is 41.6 Å². The summed E-state index contributed by atoms with van der Waals surface area (Å²) in [5, 5.41) is 3.03. The van der Waals surface area contributed by atoms with Gasteiger partial charge < -0.3 is 5.32 Å². The molecule has 3 rings (SSSR count). The summed E-state index contributed by atoms with van der Waals surface area (Å²) in [7, 11) is -3.68. The van der Waals surface area contributed by atoms with Crippen LogP contribution in [-0.4, -0.2) is 37.5 Å². The largest absolute Gasteiger partial charge is 0.349 e. The molecule has 1 N–H and O–H groups in total. The lowest BCUT2D eigenvalue weighted by molar-refractivity contribution is -0.126. The second-order valence-electron chi connectivity index (χ2n) is 7.40. The highest BCUT2D eigenvalue weighted by Crippen LogP contribution is 2.25. The summed E-state index contributed by atoms with van der Waals surface area (Å²) in [5.74, 6) is -0.432. The number of Topliss-reactive ketones (excluding diaryl/α,β-unsaturated/α-hetero) is 1. The molecule has 1 aliphatic rings. The minimum Gasteiger partial charge on any atom is -0.349 e. The molecule has 0 spiro atoms. The van der Waals surface area contributed by atoms with Crippen molar-refractivity contribution in [3.8, 4) is 0 Å². The second kappa shape index (κ2) is 8.88. The third kappa shape index (κ3) is 4.92. The van der Waals surface area contributed by atoms with Gasteiger partial charge in [-0.15, -0.1) is 0 Å². The molecule has 1 fully saturated rings. The van der Waals surface area contributed by atoms with Crippen LogP contribution < -0.4 is 5.32 Å². The SMILES string of the molecule is CC(=O)c1cccc(S(=O)(=O)N2CCC(C(=O)NC(C)c3ccccc3)CC2)c1. The Hall–Kier alpha value is -2.51. The third-order valence-corrected chi connectivity index (χ3v) is 7.26. The Bertz CT molecular complexity index is 981. The van der Waals surface area contributed by atoms with Crippen LogP contribution in [0.2, 0.25) is 0 Å². The predicted molar refractivity (Wildman–Crippen MR) is 111 cm³/mol. The van der Waals surface area contributed by atoms with E-state index in [1.165, 1.54) is 23.4 Å². The van der Waals surface area contributed by atoms with E-state index < -0.39 is 10.0 Å². The summed E-state index contributed by atoms with van der Waals surface area (Å²) in [6.45, 7) is 3.91. The fourth-order valence-corrected chi connectivity index (χ4v) is 5.06. The van der Waals surface area contributed by atoms with E-state index in [1.807, 2.05) is 37.3 Å². The molecule has 0 aliphatic carbocycles. The van der Waals surface area contributed by atoms with Gasteiger partial charge in [0, 0.05) is 24.6 Å². The van der Waals surface area contributed by atoms with Crippen molar-refractivity contribution < 1.29 is 18.0 Å². The molecule has 7 heteroatoms. The minimum absolute atomic E-state index is 0.0445. The summed E-state index contributed by atoms with van der Waals surface area (Å²) in [4.78, 5) is 24.3. The summed E-state index contributed by atoms with van der Waals surface area (Å²) >= 11 is 0. The van der Waals surface area contributed by atoms with Crippen molar-refractivity contribution in [1.29, 1.82) is 0 Å². The van der Waals surface area contributed by atoms with Crippen LogP contribution >= 0.6 is 0 Å². The Morgan fingerprint density at radius 3 is 2.31 bits per heavy atom. The zero-order chi connectivity index (χ0) is 21.0. The Morgan fingerprint density at radius 1 is 1.03 bits per heavy atom. The highest BCUT2D eigenvalue weighted by Gasteiger charge is 2.32. The van der Waals surface area contributed by atoms with Crippen LogP contribution in [0.3, 0.4) is 0 Å². The maximum Gasteiger partial charge on any atom is 0.243 e. The number of amides is 1. The van der Waals surface area contributed by atoms with Gasteiger partial charge in [0.2, 0.25) is 15.9 Å². The van der Waals surface area contributed by atoms with E-state index in [9.17, 15) is 18.0 Å². The average molecular weight is 415 g/mol. The number of benzene rings is 2. The van der Waals surface area contributed by atoms with Crippen LogP contribution in [0.4, 0.5) is 0 Å². The Balaban J connectivity index is 1.61. The van der Waals surface area contributed by atoms with Crippen molar-refractivity contribution in [3.05, 3.63) is 65.7 Å². The number of rotatable bonds is 6. The second-order valence-corrected chi connectivity index (χ2v) is 9.34. The third-order valence-electron chi connectivity index (χ3n) is 5.36. The van der Waals surface area contributed by atoms with Crippen LogP contribution in [0.5, 0.6) is 0 Å². The molecule has 1 heterocycles. The molecule has 0 bridgehead atoms. The molecule has 0 aromatic heterocycles. The first-order valence-electron chi connectivity index (χ1n) is 9.75. The summed E-state index contributed by atoms with van der Waals surface area (Å²) in [5.41, 5.74) is 1.40. The Labute approximate surface area is 172 Å². The quantitative estimate of drug-likeness (QED) is 0.736. The van der Waals surface area contributed by atoms with Crippen molar-refractivity contribution in [2.24, 2.45) is 5.92 Å². The predicted octanol–water partition coefficient (Wildman–Crippen LogP) is 3.17. The van der Waals surface area contributed by atoms with Gasteiger partial charge in [-0.05, 0) is 44.4 Å². The van der Waals surface area contributed by atoms with Crippen molar-refractivity contribution in [3.63, 3.8) is 0 Å². The van der Waals surface area contributed by atoms with Crippen LogP contribution in [-0.2, 0) is 14.8 Å². The number of hydrogen-bond acceptors (Lipinski definition) is 4.